The first kappa shape index (κ1) is 24.5. The van der Waals surface area contributed by atoms with Gasteiger partial charge in [-0.1, -0.05) is 13.8 Å². The molecule has 1 fully saturated rings. The largest absolute Gasteiger partial charge is 0.401 e. The van der Waals surface area contributed by atoms with Crippen LogP contribution in [0, 0.1) is 0 Å². The fraction of sp³-hybridized carbons (Fsp3) is 0.545. The fourth-order valence-electron chi connectivity index (χ4n) is 3.80. The van der Waals surface area contributed by atoms with Crippen molar-refractivity contribution in [1.29, 1.82) is 0 Å². The molecule has 0 spiro atoms. The average molecular weight is 469 g/mol. The summed E-state index contributed by atoms with van der Waals surface area (Å²) >= 11 is 5.39. The number of nitrogens with zero attached hydrogens (tertiary/aromatic N) is 4. The Morgan fingerprint density at radius 2 is 1.81 bits per heavy atom. The van der Waals surface area contributed by atoms with Crippen molar-refractivity contribution in [3.05, 3.63) is 30.3 Å². The molecule has 1 aromatic carbocycles. The number of aromatic nitrogens is 1. The zero-order chi connectivity index (χ0) is 23.1. The molecule has 1 saturated heterocycles. The van der Waals surface area contributed by atoms with E-state index in [0.717, 1.165) is 48.6 Å². The first-order valence-electron chi connectivity index (χ1n) is 11.0. The molecule has 0 radical (unpaired) electrons. The second-order valence-corrected chi connectivity index (χ2v) is 8.27. The number of hydrogen-bond acceptors (Lipinski definition) is 5. The number of nitrogens with one attached hydrogen (secondary N) is 2. The summed E-state index contributed by atoms with van der Waals surface area (Å²) in [4.78, 5) is 10.5. The molecule has 6 nitrogen and oxygen atoms in total. The highest BCUT2D eigenvalue weighted by Crippen LogP contribution is 2.23. The molecular formula is C22H31F3N6S. The monoisotopic (exact) mass is 468 g/mol. The minimum absolute atomic E-state index is 0.376. The average Bonchev–Trinajstić information content (AvgIpc) is 2.76. The van der Waals surface area contributed by atoms with E-state index in [1.807, 2.05) is 35.2 Å². The molecule has 2 aromatic rings. The van der Waals surface area contributed by atoms with E-state index in [-0.39, 0.29) is 0 Å². The van der Waals surface area contributed by atoms with Crippen LogP contribution in [0.4, 0.5) is 24.7 Å². The van der Waals surface area contributed by atoms with Crippen LogP contribution in [0.25, 0.3) is 10.9 Å². The highest BCUT2D eigenvalue weighted by Gasteiger charge is 2.32. The van der Waals surface area contributed by atoms with Crippen molar-refractivity contribution in [1.82, 2.24) is 20.1 Å². The Morgan fingerprint density at radius 1 is 1.09 bits per heavy atom. The third-order valence-corrected chi connectivity index (χ3v) is 5.89. The Morgan fingerprint density at radius 3 is 2.47 bits per heavy atom. The van der Waals surface area contributed by atoms with E-state index in [9.17, 15) is 13.2 Å². The number of alkyl halides is 3. The van der Waals surface area contributed by atoms with Crippen molar-refractivity contribution >= 4 is 39.7 Å². The van der Waals surface area contributed by atoms with Crippen LogP contribution in [0.3, 0.4) is 0 Å². The summed E-state index contributed by atoms with van der Waals surface area (Å²) in [7, 11) is 0. The lowest BCUT2D eigenvalue weighted by Gasteiger charge is -2.35. The smallest absolute Gasteiger partial charge is 0.361 e. The quantitative estimate of drug-likeness (QED) is 0.575. The lowest BCUT2D eigenvalue weighted by atomic mass is 10.2. The number of piperazine rings is 1. The van der Waals surface area contributed by atoms with E-state index < -0.39 is 12.7 Å². The van der Waals surface area contributed by atoms with E-state index in [2.05, 4.69) is 29.4 Å². The van der Waals surface area contributed by atoms with Crippen LogP contribution in [-0.4, -0.2) is 85.0 Å². The molecule has 176 valence electrons. The van der Waals surface area contributed by atoms with E-state index in [0.29, 0.717) is 31.3 Å². The van der Waals surface area contributed by atoms with Crippen molar-refractivity contribution in [2.75, 3.05) is 69.1 Å². The number of benzene rings is 1. The summed E-state index contributed by atoms with van der Waals surface area (Å²) in [6.07, 6.45) is -4.15. The van der Waals surface area contributed by atoms with Gasteiger partial charge >= 0.3 is 6.18 Å². The molecule has 3 rings (SSSR count). The normalized spacial score (nSPS) is 15.4. The van der Waals surface area contributed by atoms with E-state index in [1.54, 1.807) is 0 Å². The van der Waals surface area contributed by atoms with Crippen LogP contribution in [0.5, 0.6) is 0 Å². The number of rotatable bonds is 8. The summed E-state index contributed by atoms with van der Waals surface area (Å²) in [6, 6.07) is 9.76. The van der Waals surface area contributed by atoms with E-state index in [4.69, 9.17) is 17.2 Å². The van der Waals surface area contributed by atoms with Crippen molar-refractivity contribution in [2.24, 2.45) is 0 Å². The zero-order valence-corrected chi connectivity index (χ0v) is 19.4. The third kappa shape index (κ3) is 7.18. The maximum Gasteiger partial charge on any atom is 0.401 e. The van der Waals surface area contributed by atoms with Gasteiger partial charge in [-0.3, -0.25) is 4.90 Å². The molecule has 2 N–H and O–H groups in total. The van der Waals surface area contributed by atoms with Crippen LogP contribution in [0.2, 0.25) is 0 Å². The lowest BCUT2D eigenvalue weighted by Crippen LogP contribution is -2.49. The number of fused-ring (bicyclic) bond motifs is 1. The molecule has 32 heavy (non-hydrogen) atoms. The van der Waals surface area contributed by atoms with Crippen molar-refractivity contribution in [2.45, 2.75) is 20.0 Å². The second-order valence-electron chi connectivity index (χ2n) is 7.86. The molecule has 1 aromatic heterocycles. The maximum absolute atomic E-state index is 12.6. The molecule has 0 aliphatic carbocycles. The van der Waals surface area contributed by atoms with Gasteiger partial charge < -0.3 is 20.4 Å². The van der Waals surface area contributed by atoms with Gasteiger partial charge in [0.2, 0.25) is 0 Å². The van der Waals surface area contributed by atoms with Gasteiger partial charge in [0.25, 0.3) is 0 Å². The number of likely N-dealkylation sites (N-methyl/N-ethyl adjacent to an activating group) is 1. The molecule has 0 unspecified atom stereocenters. The minimum atomic E-state index is -4.15. The number of hydrogen-bond donors (Lipinski definition) is 2. The number of thiocarbonyl (C=S) groups is 1. The molecule has 10 heteroatoms. The lowest BCUT2D eigenvalue weighted by molar-refractivity contribution is -0.146. The number of pyridine rings is 1. The first-order valence-corrected chi connectivity index (χ1v) is 11.4. The minimum Gasteiger partial charge on any atom is -0.361 e. The van der Waals surface area contributed by atoms with Gasteiger partial charge in [-0.05, 0) is 55.6 Å². The number of anilines is 2. The van der Waals surface area contributed by atoms with E-state index in [1.165, 1.54) is 4.90 Å². The highest BCUT2D eigenvalue weighted by atomic mass is 32.1. The van der Waals surface area contributed by atoms with Gasteiger partial charge in [0, 0.05) is 50.3 Å². The molecule has 0 amide bonds. The molecule has 0 saturated carbocycles. The zero-order valence-electron chi connectivity index (χ0n) is 18.6. The Balaban J connectivity index is 1.55. The first-order chi connectivity index (χ1) is 15.3. The Hall–Kier alpha value is -2.17. The molecule has 0 bridgehead atoms. The summed E-state index contributed by atoms with van der Waals surface area (Å²) in [5, 5.41) is 8.00. The summed E-state index contributed by atoms with van der Waals surface area (Å²) in [5.41, 5.74) is 1.72. The third-order valence-electron chi connectivity index (χ3n) is 5.64. The van der Waals surface area contributed by atoms with Gasteiger partial charge in [-0.15, -0.1) is 0 Å². The standard InChI is InChI=1S/C22H31F3N6S/c1-3-29(4-2)10-9-26-21(32)27-18-6-7-19-17(15-18)5-8-20(28-19)31-13-11-30(12-14-31)16-22(23,24)25/h5-8,15H,3-4,9-14,16H2,1-2H3,(H2,26,27,32). The predicted octanol–water partition coefficient (Wildman–Crippen LogP) is 3.55. The van der Waals surface area contributed by atoms with Crippen molar-refractivity contribution < 1.29 is 13.2 Å². The van der Waals surface area contributed by atoms with Crippen LogP contribution < -0.4 is 15.5 Å². The molecule has 2 heterocycles. The fourth-order valence-corrected chi connectivity index (χ4v) is 4.02. The topological polar surface area (TPSA) is 46.7 Å². The molecular weight excluding hydrogens is 437 g/mol. The Kier molecular flexibility index (Phi) is 8.50. The van der Waals surface area contributed by atoms with Gasteiger partial charge in [0.15, 0.2) is 5.11 Å². The van der Waals surface area contributed by atoms with E-state index >= 15 is 0 Å². The molecule has 0 atom stereocenters. The van der Waals surface area contributed by atoms with Gasteiger partial charge in [0.1, 0.15) is 5.82 Å². The Bertz CT molecular complexity index is 895. The van der Waals surface area contributed by atoms with Gasteiger partial charge in [0.05, 0.1) is 12.1 Å². The second kappa shape index (κ2) is 11.1. The Labute approximate surface area is 192 Å². The molecule has 1 aliphatic rings. The van der Waals surface area contributed by atoms with Crippen LogP contribution >= 0.6 is 12.2 Å². The summed E-state index contributed by atoms with van der Waals surface area (Å²) < 4.78 is 37.7. The van der Waals surface area contributed by atoms with Gasteiger partial charge in [-0.2, -0.15) is 13.2 Å². The van der Waals surface area contributed by atoms with Crippen molar-refractivity contribution in [3.8, 4) is 0 Å². The summed E-state index contributed by atoms with van der Waals surface area (Å²) in [6.45, 7) is 8.98. The van der Waals surface area contributed by atoms with Crippen LogP contribution in [-0.2, 0) is 0 Å². The maximum atomic E-state index is 12.6. The predicted molar refractivity (Wildman–Crippen MR) is 128 cm³/mol. The highest BCUT2D eigenvalue weighted by molar-refractivity contribution is 7.80. The van der Waals surface area contributed by atoms with Crippen LogP contribution in [0.1, 0.15) is 13.8 Å². The molecule has 1 aliphatic heterocycles. The van der Waals surface area contributed by atoms with Gasteiger partial charge in [-0.25, -0.2) is 4.98 Å². The van der Waals surface area contributed by atoms with Crippen molar-refractivity contribution in [3.63, 3.8) is 0 Å². The van der Waals surface area contributed by atoms with Crippen LogP contribution in [0.15, 0.2) is 30.3 Å². The number of halogens is 3. The summed E-state index contributed by atoms with van der Waals surface area (Å²) in [5.74, 6) is 0.790. The SMILES string of the molecule is CCN(CC)CCNC(=S)Nc1ccc2nc(N3CCN(CC(F)(F)F)CC3)ccc2c1.